The highest BCUT2D eigenvalue weighted by Gasteiger charge is 2.21. The minimum atomic E-state index is -0.308. The summed E-state index contributed by atoms with van der Waals surface area (Å²) >= 11 is 0. The largest absolute Gasteiger partial charge is 0.349 e. The van der Waals surface area contributed by atoms with Crippen molar-refractivity contribution < 1.29 is 27.2 Å². The Morgan fingerprint density at radius 3 is 1.32 bits per heavy atom. The molecule has 12 heteroatoms. The molecule has 0 aliphatic carbocycles. The van der Waals surface area contributed by atoms with Crippen molar-refractivity contribution in [3.8, 4) is 22.3 Å². The lowest BCUT2D eigenvalue weighted by Gasteiger charge is -2.13. The first-order chi connectivity index (χ1) is 32.9. The third-order valence-electron chi connectivity index (χ3n) is 12.1. The summed E-state index contributed by atoms with van der Waals surface area (Å²) in [5.74, 6) is -0.266. The molecule has 0 aliphatic heterocycles. The molecule has 0 unspecified atom stereocenters. The van der Waals surface area contributed by atoms with Crippen LogP contribution in [0.4, 0.5) is 17.6 Å². The van der Waals surface area contributed by atoms with Crippen molar-refractivity contribution in [2.24, 2.45) is 11.8 Å². The van der Waals surface area contributed by atoms with Gasteiger partial charge in [-0.2, -0.15) is 0 Å². The first kappa shape index (κ1) is 48.8. The molecule has 0 saturated heterocycles. The Hall–Kier alpha value is -7.08. The standard InChI is InChI=1S/2C28H29F2N3O/c1-3-4-5-19(2)17-31-28(34)27-32-25-16-22(21-8-13-24(30)14-9-21)10-15-26(25)33(27)18-20-6-11-23(29)12-7-20;1-3-4-5-19(2)17-31-28(34)27-32-25-15-10-22(21-8-13-24(30)14-9-21)16-26(25)33(27)18-20-6-11-23(29)12-7-20/h2*6-16,19H,3-5,17-18H2,1-2H3,(H,31,34)/t2*19-/m00/s1. The molecule has 2 N–H and O–H groups in total. The van der Waals surface area contributed by atoms with E-state index in [1.54, 1.807) is 48.5 Å². The van der Waals surface area contributed by atoms with Crippen molar-refractivity contribution in [2.45, 2.75) is 79.3 Å². The van der Waals surface area contributed by atoms with E-state index in [0.717, 1.165) is 82.9 Å². The minimum absolute atomic E-state index is 0.231. The molecule has 8 aromatic rings. The van der Waals surface area contributed by atoms with Crippen LogP contribution in [0.25, 0.3) is 44.3 Å². The number of fused-ring (bicyclic) bond motifs is 2. The van der Waals surface area contributed by atoms with Gasteiger partial charge in [0, 0.05) is 26.2 Å². The molecule has 2 aromatic heterocycles. The number of nitrogens with one attached hydrogen (secondary N) is 2. The number of carbonyl (C=O) groups is 2. The Morgan fingerprint density at radius 1 is 0.485 bits per heavy atom. The van der Waals surface area contributed by atoms with Gasteiger partial charge in [0.25, 0.3) is 11.8 Å². The number of hydrogen-bond acceptors (Lipinski definition) is 4. The zero-order chi connectivity index (χ0) is 48.2. The normalized spacial score (nSPS) is 12.1. The van der Waals surface area contributed by atoms with Gasteiger partial charge in [0.1, 0.15) is 23.3 Å². The maximum atomic E-state index is 13.4. The Balaban J connectivity index is 0.000000201. The average molecular weight is 923 g/mol. The second kappa shape index (κ2) is 23.1. The van der Waals surface area contributed by atoms with Crippen molar-refractivity contribution >= 4 is 33.9 Å². The Kier molecular flexibility index (Phi) is 16.6. The van der Waals surface area contributed by atoms with Gasteiger partial charge >= 0.3 is 0 Å². The third kappa shape index (κ3) is 12.7. The zero-order valence-corrected chi connectivity index (χ0v) is 39.0. The lowest BCUT2D eigenvalue weighted by Crippen LogP contribution is -2.30. The molecule has 0 aliphatic rings. The van der Waals surface area contributed by atoms with Crippen LogP contribution in [0.1, 0.15) is 98.6 Å². The number of rotatable bonds is 18. The van der Waals surface area contributed by atoms with Gasteiger partial charge in [0.05, 0.1) is 22.1 Å². The average Bonchev–Trinajstić information content (AvgIpc) is 3.90. The predicted octanol–water partition coefficient (Wildman–Crippen LogP) is 13.2. The maximum absolute atomic E-state index is 13.4. The van der Waals surface area contributed by atoms with Gasteiger partial charge in [-0.15, -0.1) is 0 Å². The van der Waals surface area contributed by atoms with E-state index in [1.165, 1.54) is 48.5 Å². The second-order valence-electron chi connectivity index (χ2n) is 17.6. The Bertz CT molecular complexity index is 2900. The smallest absolute Gasteiger partial charge is 0.287 e. The fourth-order valence-electron chi connectivity index (χ4n) is 8.11. The molecular formula is C56H58F4N6O2. The second-order valence-corrected chi connectivity index (χ2v) is 17.6. The van der Waals surface area contributed by atoms with Gasteiger partial charge in [-0.05, 0) is 131 Å². The summed E-state index contributed by atoms with van der Waals surface area (Å²) < 4.78 is 57.3. The number of aromatic nitrogens is 4. The van der Waals surface area contributed by atoms with Gasteiger partial charge in [-0.1, -0.05) is 114 Å². The molecule has 352 valence electrons. The number of unbranched alkanes of at least 4 members (excludes halogenated alkanes) is 2. The van der Waals surface area contributed by atoms with Crippen molar-refractivity contribution in [3.05, 3.63) is 180 Å². The van der Waals surface area contributed by atoms with Gasteiger partial charge in [-0.3, -0.25) is 9.59 Å². The molecule has 2 heterocycles. The van der Waals surface area contributed by atoms with Crippen molar-refractivity contribution in [1.82, 2.24) is 29.7 Å². The topological polar surface area (TPSA) is 93.8 Å². The quantitative estimate of drug-likeness (QED) is 0.0838. The van der Waals surface area contributed by atoms with Crippen LogP contribution in [-0.4, -0.2) is 44.0 Å². The third-order valence-corrected chi connectivity index (χ3v) is 12.1. The number of benzene rings is 6. The van der Waals surface area contributed by atoms with E-state index >= 15 is 0 Å². The summed E-state index contributed by atoms with van der Waals surface area (Å²) in [6, 6.07) is 36.6. The predicted molar refractivity (Wildman–Crippen MR) is 263 cm³/mol. The molecule has 68 heavy (non-hydrogen) atoms. The minimum Gasteiger partial charge on any atom is -0.349 e. The number of carbonyl (C=O) groups excluding carboxylic acids is 2. The summed E-state index contributed by atoms with van der Waals surface area (Å²) in [6.07, 6.45) is 6.64. The van der Waals surface area contributed by atoms with E-state index in [4.69, 9.17) is 0 Å². The molecule has 2 atom stereocenters. The van der Waals surface area contributed by atoms with Crippen LogP contribution in [0, 0.1) is 35.1 Å². The highest BCUT2D eigenvalue weighted by molar-refractivity contribution is 5.97. The molecule has 0 fully saturated rings. The first-order valence-electron chi connectivity index (χ1n) is 23.5. The SMILES string of the molecule is CCCC[C@H](C)CNC(=O)c1nc2cc(-c3ccc(F)cc3)ccc2n1Cc1ccc(F)cc1.CCCC[C@H](C)CNC(=O)c1nc2ccc(-c3ccc(F)cc3)cc2n1Cc1ccc(F)cc1. The molecule has 0 spiro atoms. The Labute approximate surface area is 395 Å². The van der Waals surface area contributed by atoms with Gasteiger partial charge in [-0.25, -0.2) is 27.5 Å². The van der Waals surface area contributed by atoms with Gasteiger partial charge in [0.2, 0.25) is 0 Å². The molecule has 8 nitrogen and oxygen atoms in total. The zero-order valence-electron chi connectivity index (χ0n) is 39.0. The van der Waals surface area contributed by atoms with Gasteiger partial charge < -0.3 is 19.8 Å². The van der Waals surface area contributed by atoms with Crippen LogP contribution in [0.15, 0.2) is 133 Å². The van der Waals surface area contributed by atoms with Crippen molar-refractivity contribution in [1.29, 1.82) is 0 Å². The molecule has 0 saturated carbocycles. The summed E-state index contributed by atoms with van der Waals surface area (Å²) in [7, 11) is 0. The summed E-state index contributed by atoms with van der Waals surface area (Å²) in [6.45, 7) is 10.5. The van der Waals surface area contributed by atoms with E-state index < -0.39 is 0 Å². The van der Waals surface area contributed by atoms with E-state index in [-0.39, 0.29) is 35.1 Å². The lowest BCUT2D eigenvalue weighted by molar-refractivity contribution is 0.0926. The summed E-state index contributed by atoms with van der Waals surface area (Å²) in [5, 5.41) is 6.06. The summed E-state index contributed by atoms with van der Waals surface area (Å²) in [4.78, 5) is 35.6. The molecule has 2 amide bonds. The maximum Gasteiger partial charge on any atom is 0.287 e. The number of nitrogens with zero attached hydrogens (tertiary/aromatic N) is 4. The van der Waals surface area contributed by atoms with E-state index in [9.17, 15) is 27.2 Å². The summed E-state index contributed by atoms with van der Waals surface area (Å²) in [5.41, 5.74) is 8.21. The van der Waals surface area contributed by atoms with E-state index in [0.29, 0.717) is 60.7 Å². The Morgan fingerprint density at radius 2 is 0.868 bits per heavy atom. The lowest BCUT2D eigenvalue weighted by atomic mass is 10.0. The van der Waals surface area contributed by atoms with Crippen LogP contribution in [0.2, 0.25) is 0 Å². The molecular weight excluding hydrogens is 865 g/mol. The highest BCUT2D eigenvalue weighted by atomic mass is 19.1. The van der Waals surface area contributed by atoms with Crippen LogP contribution >= 0.6 is 0 Å². The number of hydrogen-bond donors (Lipinski definition) is 2. The number of amides is 2. The molecule has 6 aromatic carbocycles. The van der Waals surface area contributed by atoms with Crippen LogP contribution in [0.3, 0.4) is 0 Å². The fourth-order valence-corrected chi connectivity index (χ4v) is 8.11. The number of halogens is 4. The van der Waals surface area contributed by atoms with E-state index in [1.807, 2.05) is 45.5 Å². The first-order valence-corrected chi connectivity index (χ1v) is 23.5. The molecule has 8 rings (SSSR count). The van der Waals surface area contributed by atoms with Gasteiger partial charge in [0.15, 0.2) is 11.6 Å². The number of imidazole rings is 2. The van der Waals surface area contributed by atoms with Crippen LogP contribution in [-0.2, 0) is 13.1 Å². The van der Waals surface area contributed by atoms with E-state index in [2.05, 4.69) is 48.3 Å². The van der Waals surface area contributed by atoms with Crippen LogP contribution in [0.5, 0.6) is 0 Å². The van der Waals surface area contributed by atoms with Crippen molar-refractivity contribution in [2.75, 3.05) is 13.1 Å². The fraction of sp³-hybridized carbons (Fsp3) is 0.286. The molecule has 0 bridgehead atoms. The molecule has 0 radical (unpaired) electrons. The monoisotopic (exact) mass is 922 g/mol. The van der Waals surface area contributed by atoms with Crippen molar-refractivity contribution in [3.63, 3.8) is 0 Å². The van der Waals surface area contributed by atoms with Crippen LogP contribution < -0.4 is 10.6 Å². The highest BCUT2D eigenvalue weighted by Crippen LogP contribution is 2.28.